The van der Waals surface area contributed by atoms with Gasteiger partial charge in [-0.2, -0.15) is 0 Å². The molecule has 0 N–H and O–H groups in total. The van der Waals surface area contributed by atoms with Crippen LogP contribution in [0.25, 0.3) is 132 Å². The van der Waals surface area contributed by atoms with E-state index in [2.05, 4.69) is 237 Å². The van der Waals surface area contributed by atoms with Gasteiger partial charge in [0.1, 0.15) is 0 Å². The molecule has 2 heteroatoms. The molecule has 0 unspecified atom stereocenters. The van der Waals surface area contributed by atoms with Crippen molar-refractivity contribution in [3.05, 3.63) is 255 Å². The van der Waals surface area contributed by atoms with E-state index in [-0.39, 0.29) is 0 Å². The highest BCUT2D eigenvalue weighted by Gasteiger charge is 2.20. The summed E-state index contributed by atoms with van der Waals surface area (Å²) in [7, 11) is 0. The Bertz CT molecular complexity index is 4060. The smallest absolute Gasteiger partial charge is 0.160 e. The molecule has 0 saturated heterocycles. The Morgan fingerprint density at radius 1 is 0.221 bits per heavy atom. The average Bonchev–Trinajstić information content (AvgIpc) is 3.42. The molecule has 0 spiro atoms. The van der Waals surface area contributed by atoms with Crippen molar-refractivity contribution in [2.45, 2.75) is 0 Å². The van der Waals surface area contributed by atoms with E-state index < -0.39 is 0 Å². The van der Waals surface area contributed by atoms with E-state index in [0.29, 0.717) is 5.82 Å². The number of hydrogen-bond donors (Lipinski definition) is 0. The highest BCUT2D eigenvalue weighted by atomic mass is 14.9. The number of rotatable bonds is 7. The summed E-state index contributed by atoms with van der Waals surface area (Å²) >= 11 is 0. The number of hydrogen-bond acceptors (Lipinski definition) is 2. The van der Waals surface area contributed by atoms with Crippen LogP contribution in [0.2, 0.25) is 0 Å². The standard InChI is InChI=1S/C66H42N2/c1-3-18-46(19-4-1)64-59-29-14-13-28-58(59)63(60-37-36-44-17-9-10-25-54(44)65(60)64)47-33-31-45(32-34-47)53-38-39-57(56-27-12-11-26-55(53)56)62-42-61(67-66(68-62)48-20-5-2-6-21-48)52-24-15-23-50(41-52)51-35-30-43-16-7-8-22-49(43)40-51/h1-42H. The topological polar surface area (TPSA) is 25.8 Å². The Morgan fingerprint density at radius 2 is 0.721 bits per heavy atom. The molecular formula is C66H42N2. The number of benzene rings is 12. The summed E-state index contributed by atoms with van der Waals surface area (Å²) in [6.07, 6.45) is 0. The van der Waals surface area contributed by atoms with Gasteiger partial charge in [0.2, 0.25) is 0 Å². The van der Waals surface area contributed by atoms with Crippen LogP contribution in [0.15, 0.2) is 255 Å². The normalized spacial score (nSPS) is 11.5. The minimum atomic E-state index is 0.697. The summed E-state index contributed by atoms with van der Waals surface area (Å²) in [6, 6.07) is 92.0. The number of aromatic nitrogens is 2. The summed E-state index contributed by atoms with van der Waals surface area (Å²) in [6.45, 7) is 0. The third kappa shape index (κ3) is 6.82. The maximum absolute atomic E-state index is 5.29. The van der Waals surface area contributed by atoms with Crippen molar-refractivity contribution in [2.75, 3.05) is 0 Å². The van der Waals surface area contributed by atoms with E-state index in [0.717, 1.165) is 44.6 Å². The van der Waals surface area contributed by atoms with Crippen LogP contribution < -0.4 is 0 Å². The van der Waals surface area contributed by atoms with Gasteiger partial charge in [-0.05, 0) is 117 Å². The molecule has 0 fully saturated rings. The second-order valence-electron chi connectivity index (χ2n) is 17.6. The third-order valence-electron chi connectivity index (χ3n) is 13.7. The fourth-order valence-electron chi connectivity index (χ4n) is 10.4. The second kappa shape index (κ2) is 16.5. The first-order valence-electron chi connectivity index (χ1n) is 23.3. The van der Waals surface area contributed by atoms with Crippen LogP contribution in [0.5, 0.6) is 0 Å². The van der Waals surface area contributed by atoms with Crippen molar-refractivity contribution in [2.24, 2.45) is 0 Å². The molecule has 1 heterocycles. The van der Waals surface area contributed by atoms with Crippen LogP contribution in [0, 0.1) is 0 Å². The summed E-state index contributed by atoms with van der Waals surface area (Å²) in [5, 5.41) is 12.3. The Labute approximate surface area is 395 Å². The van der Waals surface area contributed by atoms with E-state index >= 15 is 0 Å². The van der Waals surface area contributed by atoms with Crippen LogP contribution in [-0.2, 0) is 0 Å². The minimum Gasteiger partial charge on any atom is -0.228 e. The van der Waals surface area contributed by atoms with Gasteiger partial charge < -0.3 is 0 Å². The monoisotopic (exact) mass is 862 g/mol. The lowest BCUT2D eigenvalue weighted by molar-refractivity contribution is 1.18. The average molecular weight is 863 g/mol. The summed E-state index contributed by atoms with van der Waals surface area (Å²) in [5.74, 6) is 0.697. The van der Waals surface area contributed by atoms with E-state index in [1.807, 2.05) is 18.2 Å². The highest BCUT2D eigenvalue weighted by molar-refractivity contribution is 6.28. The summed E-state index contributed by atoms with van der Waals surface area (Å²) in [5.41, 5.74) is 14.5. The molecule has 0 bridgehead atoms. The molecule has 1 aromatic heterocycles. The van der Waals surface area contributed by atoms with Crippen molar-refractivity contribution in [1.29, 1.82) is 0 Å². The molecule has 0 radical (unpaired) electrons. The zero-order chi connectivity index (χ0) is 45.0. The van der Waals surface area contributed by atoms with Crippen molar-refractivity contribution in [3.8, 4) is 78.4 Å². The molecule has 0 aliphatic carbocycles. The fourth-order valence-corrected chi connectivity index (χ4v) is 10.4. The van der Waals surface area contributed by atoms with Crippen molar-refractivity contribution in [1.82, 2.24) is 9.97 Å². The maximum Gasteiger partial charge on any atom is 0.160 e. The quantitative estimate of drug-likeness (QED) is 0.118. The Morgan fingerprint density at radius 3 is 1.49 bits per heavy atom. The van der Waals surface area contributed by atoms with Gasteiger partial charge in [-0.25, -0.2) is 9.97 Å². The molecule has 0 saturated carbocycles. The molecular weight excluding hydrogens is 821 g/mol. The largest absolute Gasteiger partial charge is 0.228 e. The molecule has 316 valence electrons. The molecule has 0 aliphatic heterocycles. The first-order valence-corrected chi connectivity index (χ1v) is 23.3. The van der Waals surface area contributed by atoms with Gasteiger partial charge in [-0.15, -0.1) is 0 Å². The predicted molar refractivity (Wildman–Crippen MR) is 288 cm³/mol. The van der Waals surface area contributed by atoms with E-state index in [9.17, 15) is 0 Å². The number of nitrogens with zero attached hydrogens (tertiary/aromatic N) is 2. The van der Waals surface area contributed by atoms with Gasteiger partial charge in [0, 0.05) is 16.7 Å². The molecule has 68 heavy (non-hydrogen) atoms. The third-order valence-corrected chi connectivity index (χ3v) is 13.7. The van der Waals surface area contributed by atoms with E-state index in [1.165, 1.54) is 81.9 Å². The summed E-state index contributed by atoms with van der Waals surface area (Å²) in [4.78, 5) is 10.5. The lowest BCUT2D eigenvalue weighted by atomic mass is 9.83. The lowest BCUT2D eigenvalue weighted by Crippen LogP contribution is -1.97. The Kier molecular flexibility index (Phi) is 9.54. The molecule has 0 amide bonds. The molecule has 13 rings (SSSR count). The van der Waals surface area contributed by atoms with Crippen LogP contribution in [0.1, 0.15) is 0 Å². The van der Waals surface area contributed by atoms with Gasteiger partial charge in [0.25, 0.3) is 0 Å². The van der Waals surface area contributed by atoms with Crippen molar-refractivity contribution < 1.29 is 0 Å². The van der Waals surface area contributed by atoms with Gasteiger partial charge in [0.15, 0.2) is 5.82 Å². The van der Waals surface area contributed by atoms with Crippen molar-refractivity contribution >= 4 is 53.9 Å². The van der Waals surface area contributed by atoms with Crippen LogP contribution in [0.3, 0.4) is 0 Å². The van der Waals surface area contributed by atoms with Gasteiger partial charge in [-0.1, -0.05) is 237 Å². The predicted octanol–water partition coefficient (Wildman–Crippen LogP) is 17.9. The first kappa shape index (κ1) is 39.4. The molecule has 12 aromatic carbocycles. The Hall–Kier alpha value is -8.98. The Balaban J connectivity index is 0.933. The molecule has 0 aliphatic rings. The SMILES string of the molecule is c1ccc(-c2nc(-c3cccc(-c4ccc5ccccc5c4)c3)cc(-c3ccc(-c4ccc(-c5c6ccccc6c(-c6ccccc6)c6c5ccc5ccccc56)cc4)c4ccccc34)n2)cc1. The zero-order valence-corrected chi connectivity index (χ0v) is 37.1. The van der Waals surface area contributed by atoms with Gasteiger partial charge >= 0.3 is 0 Å². The van der Waals surface area contributed by atoms with E-state index in [4.69, 9.17) is 9.97 Å². The lowest BCUT2D eigenvalue weighted by Gasteiger charge is -2.19. The van der Waals surface area contributed by atoms with Gasteiger partial charge in [-0.3, -0.25) is 0 Å². The van der Waals surface area contributed by atoms with Crippen LogP contribution in [-0.4, -0.2) is 9.97 Å². The van der Waals surface area contributed by atoms with Crippen LogP contribution in [0.4, 0.5) is 0 Å². The molecule has 0 atom stereocenters. The molecule has 2 nitrogen and oxygen atoms in total. The zero-order valence-electron chi connectivity index (χ0n) is 37.1. The van der Waals surface area contributed by atoms with Crippen LogP contribution >= 0.6 is 0 Å². The second-order valence-corrected chi connectivity index (χ2v) is 17.6. The summed E-state index contributed by atoms with van der Waals surface area (Å²) < 4.78 is 0. The first-order chi connectivity index (χ1) is 33.7. The maximum atomic E-state index is 5.29. The number of fused-ring (bicyclic) bond motifs is 6. The van der Waals surface area contributed by atoms with E-state index in [1.54, 1.807) is 0 Å². The highest BCUT2D eigenvalue weighted by Crippen LogP contribution is 2.47. The molecule has 13 aromatic rings. The van der Waals surface area contributed by atoms with Crippen molar-refractivity contribution in [3.63, 3.8) is 0 Å². The van der Waals surface area contributed by atoms with Gasteiger partial charge in [0.05, 0.1) is 11.4 Å². The fraction of sp³-hybridized carbons (Fsp3) is 0. The minimum absolute atomic E-state index is 0.697.